The number of hydrogen-bond donors (Lipinski definition) is 1. The minimum absolute atomic E-state index is 0.605. The largest absolute Gasteiger partial charge is 0.479 e. The number of hydrogen-bond acceptors (Lipinski definition) is 7. The van der Waals surface area contributed by atoms with Crippen LogP contribution in [0, 0.1) is 6.92 Å². The van der Waals surface area contributed by atoms with Gasteiger partial charge >= 0.3 is 5.97 Å². The van der Waals surface area contributed by atoms with Crippen LogP contribution in [0.5, 0.6) is 0 Å². The molecule has 0 fully saturated rings. The molecule has 0 radical (unpaired) electrons. The van der Waals surface area contributed by atoms with Crippen molar-refractivity contribution in [1.82, 2.24) is 15.0 Å². The summed E-state index contributed by atoms with van der Waals surface area (Å²) >= 11 is 7.76. The first-order valence-corrected chi connectivity index (χ1v) is 14.6. The van der Waals surface area contributed by atoms with E-state index >= 15 is 0 Å². The minimum atomic E-state index is -1.16. The summed E-state index contributed by atoms with van der Waals surface area (Å²) in [4.78, 5) is 28.8. The van der Waals surface area contributed by atoms with E-state index in [1.165, 1.54) is 16.9 Å². The van der Waals surface area contributed by atoms with Crippen LogP contribution in [0.4, 0.5) is 11.5 Å². The van der Waals surface area contributed by atoms with Crippen LogP contribution in [-0.2, 0) is 16.0 Å². The fourth-order valence-corrected chi connectivity index (χ4v) is 6.57. The van der Waals surface area contributed by atoms with Gasteiger partial charge in [0.25, 0.3) is 0 Å². The molecule has 4 heterocycles. The fraction of sp³-hybridized carbons (Fsp3) is 0.250. The molecule has 5 aromatic rings. The number of carbonyl (C=O) groups is 1. The van der Waals surface area contributed by atoms with E-state index in [1.807, 2.05) is 82.6 Å². The molecular weight excluding hydrogens is 556 g/mol. The second-order valence-corrected chi connectivity index (χ2v) is 12.5. The maximum Gasteiger partial charge on any atom is 0.337 e. The molecule has 0 bridgehead atoms. The number of benzene rings is 2. The predicted molar refractivity (Wildman–Crippen MR) is 164 cm³/mol. The Labute approximate surface area is 247 Å². The number of pyridine rings is 2. The molecule has 0 spiro atoms. The summed E-state index contributed by atoms with van der Waals surface area (Å²) in [5.74, 6) is -0.187. The zero-order valence-corrected chi connectivity index (χ0v) is 24.8. The Bertz CT molecular complexity index is 1780. The lowest BCUT2D eigenvalue weighted by atomic mass is 9.91. The molecule has 1 aliphatic rings. The van der Waals surface area contributed by atoms with E-state index in [0.29, 0.717) is 10.6 Å². The van der Waals surface area contributed by atoms with E-state index in [-0.39, 0.29) is 0 Å². The summed E-state index contributed by atoms with van der Waals surface area (Å²) < 4.78 is 7.03. The summed E-state index contributed by atoms with van der Waals surface area (Å²) in [6.07, 6.45) is 5.29. The van der Waals surface area contributed by atoms with Crippen LogP contribution in [0.15, 0.2) is 67.1 Å². The number of rotatable bonds is 6. The Hall–Kier alpha value is -3.85. The van der Waals surface area contributed by atoms with Gasteiger partial charge in [-0.2, -0.15) is 0 Å². The van der Waals surface area contributed by atoms with Crippen LogP contribution < -0.4 is 4.90 Å². The van der Waals surface area contributed by atoms with Gasteiger partial charge in [0.2, 0.25) is 0 Å². The number of nitrogens with zero attached hydrogens (tertiary/aromatic N) is 4. The SMILES string of the molecule is Cc1cc2nc(-c3ccnc(N4CCc5cnccc54)c3)sc2c(-c2ccc(Cl)cc2)c1[C@H](OC(C)(C)C)C(=O)O. The summed E-state index contributed by atoms with van der Waals surface area (Å²) in [6, 6.07) is 15.5. The number of fused-ring (bicyclic) bond motifs is 2. The van der Waals surface area contributed by atoms with Crippen molar-refractivity contribution < 1.29 is 14.6 Å². The van der Waals surface area contributed by atoms with Crippen molar-refractivity contribution in [3.05, 3.63) is 88.8 Å². The van der Waals surface area contributed by atoms with Crippen molar-refractivity contribution in [3.8, 4) is 21.7 Å². The highest BCUT2D eigenvalue weighted by atomic mass is 35.5. The quantitative estimate of drug-likeness (QED) is 0.216. The molecule has 208 valence electrons. The van der Waals surface area contributed by atoms with Gasteiger partial charge in [-0.15, -0.1) is 11.3 Å². The molecule has 1 atom stereocenters. The van der Waals surface area contributed by atoms with Gasteiger partial charge in [-0.3, -0.25) is 4.98 Å². The maximum absolute atomic E-state index is 12.6. The average molecular weight is 585 g/mol. The standard InChI is InChI=1S/C32H29ClN4O3S/c1-18-15-23-29(27(19-5-7-22(33)8-6-19)26(18)28(31(38)39)40-32(2,3)4)41-30(36-23)20-9-13-35-25(16-20)37-14-11-21-17-34-12-10-24(21)37/h5-10,12-13,15-17,28H,11,14H2,1-4H3,(H,38,39)/t28-/m0/s1. The van der Waals surface area contributed by atoms with Crippen molar-refractivity contribution in [2.75, 3.05) is 11.4 Å². The monoisotopic (exact) mass is 584 g/mol. The molecule has 0 aliphatic carbocycles. The zero-order chi connectivity index (χ0) is 28.9. The molecular formula is C32H29ClN4O3S. The number of aryl methyl sites for hydroxylation is 1. The summed E-state index contributed by atoms with van der Waals surface area (Å²) in [6.45, 7) is 8.34. The second-order valence-electron chi connectivity index (χ2n) is 11.1. The van der Waals surface area contributed by atoms with Crippen LogP contribution in [0.1, 0.15) is 43.6 Å². The van der Waals surface area contributed by atoms with E-state index in [0.717, 1.165) is 61.9 Å². The summed E-state index contributed by atoms with van der Waals surface area (Å²) in [7, 11) is 0. The first-order chi connectivity index (χ1) is 19.6. The van der Waals surface area contributed by atoms with Gasteiger partial charge in [-0.25, -0.2) is 14.8 Å². The lowest BCUT2D eigenvalue weighted by Gasteiger charge is -2.28. The number of ether oxygens (including phenoxy) is 1. The van der Waals surface area contributed by atoms with Crippen molar-refractivity contribution in [3.63, 3.8) is 0 Å². The van der Waals surface area contributed by atoms with Gasteiger partial charge in [0, 0.05) is 52.5 Å². The third-order valence-electron chi connectivity index (χ3n) is 7.06. The third kappa shape index (κ3) is 5.30. The van der Waals surface area contributed by atoms with E-state index in [4.69, 9.17) is 21.3 Å². The van der Waals surface area contributed by atoms with E-state index < -0.39 is 17.7 Å². The Morgan fingerprint density at radius 3 is 2.61 bits per heavy atom. The molecule has 0 saturated heterocycles. The van der Waals surface area contributed by atoms with E-state index in [1.54, 1.807) is 6.20 Å². The maximum atomic E-state index is 12.6. The van der Waals surface area contributed by atoms with Crippen LogP contribution in [0.2, 0.25) is 5.02 Å². The van der Waals surface area contributed by atoms with Gasteiger partial charge in [-0.05, 0) is 87.2 Å². The van der Waals surface area contributed by atoms with Crippen LogP contribution >= 0.6 is 22.9 Å². The van der Waals surface area contributed by atoms with Gasteiger partial charge < -0.3 is 14.7 Å². The average Bonchev–Trinajstić information content (AvgIpc) is 3.56. The topological polar surface area (TPSA) is 88.4 Å². The number of halogens is 1. The van der Waals surface area contributed by atoms with Crippen LogP contribution in [-0.4, -0.2) is 38.2 Å². The molecule has 41 heavy (non-hydrogen) atoms. The Balaban J connectivity index is 1.52. The van der Waals surface area contributed by atoms with Crippen molar-refractivity contribution in [2.45, 2.75) is 45.8 Å². The Morgan fingerprint density at radius 1 is 1.10 bits per heavy atom. The van der Waals surface area contributed by atoms with Gasteiger partial charge in [0.15, 0.2) is 6.10 Å². The van der Waals surface area contributed by atoms with Crippen LogP contribution in [0.25, 0.3) is 31.9 Å². The first-order valence-electron chi connectivity index (χ1n) is 13.4. The van der Waals surface area contributed by atoms with Crippen molar-refractivity contribution in [2.24, 2.45) is 0 Å². The van der Waals surface area contributed by atoms with Crippen molar-refractivity contribution in [1.29, 1.82) is 0 Å². The highest BCUT2D eigenvalue weighted by molar-refractivity contribution is 7.22. The molecule has 1 N–H and O–H groups in total. The number of thiazole rings is 1. The molecule has 0 amide bonds. The Kier molecular flexibility index (Phi) is 7.01. The van der Waals surface area contributed by atoms with Crippen molar-refractivity contribution >= 4 is 50.6 Å². The van der Waals surface area contributed by atoms with Gasteiger partial charge in [0.1, 0.15) is 10.8 Å². The Morgan fingerprint density at radius 2 is 1.88 bits per heavy atom. The molecule has 0 saturated carbocycles. The highest BCUT2D eigenvalue weighted by Gasteiger charge is 2.32. The molecule has 9 heteroatoms. The number of carboxylic acids is 1. The van der Waals surface area contributed by atoms with Gasteiger partial charge in [0.05, 0.1) is 15.8 Å². The molecule has 7 nitrogen and oxygen atoms in total. The smallest absolute Gasteiger partial charge is 0.337 e. The lowest BCUT2D eigenvalue weighted by Crippen LogP contribution is -2.28. The molecule has 2 aromatic carbocycles. The molecule has 6 rings (SSSR count). The number of carboxylic acid groups (broad SMARTS) is 1. The molecule has 0 unspecified atom stereocenters. The zero-order valence-electron chi connectivity index (χ0n) is 23.2. The summed E-state index contributed by atoms with van der Waals surface area (Å²) in [5, 5.41) is 11.7. The first kappa shape index (κ1) is 27.3. The number of anilines is 2. The third-order valence-corrected chi connectivity index (χ3v) is 8.45. The summed E-state index contributed by atoms with van der Waals surface area (Å²) in [5.41, 5.74) is 6.48. The van der Waals surface area contributed by atoms with Crippen LogP contribution in [0.3, 0.4) is 0 Å². The second kappa shape index (κ2) is 10.5. The lowest BCUT2D eigenvalue weighted by molar-refractivity contribution is -0.160. The normalized spacial score (nSPS) is 13.9. The molecule has 1 aliphatic heterocycles. The minimum Gasteiger partial charge on any atom is -0.479 e. The number of aliphatic carboxylic acids is 1. The van der Waals surface area contributed by atoms with E-state index in [9.17, 15) is 9.90 Å². The fourth-order valence-electron chi connectivity index (χ4n) is 5.33. The molecule has 3 aromatic heterocycles. The predicted octanol–water partition coefficient (Wildman–Crippen LogP) is 8.02. The number of aromatic nitrogens is 3. The van der Waals surface area contributed by atoms with E-state index in [2.05, 4.69) is 20.9 Å². The van der Waals surface area contributed by atoms with Gasteiger partial charge in [-0.1, -0.05) is 23.7 Å². The highest BCUT2D eigenvalue weighted by Crippen LogP contribution is 2.45.